The van der Waals surface area contributed by atoms with Crippen LogP contribution in [-0.2, 0) is 0 Å². The summed E-state index contributed by atoms with van der Waals surface area (Å²) in [5, 5.41) is 14.5. The van der Waals surface area contributed by atoms with E-state index < -0.39 is 0 Å². The van der Waals surface area contributed by atoms with Gasteiger partial charge in [0.15, 0.2) is 5.76 Å². The summed E-state index contributed by atoms with van der Waals surface area (Å²) in [6, 6.07) is 7.09. The maximum Gasteiger partial charge on any atom is 0.287 e. The summed E-state index contributed by atoms with van der Waals surface area (Å²) < 4.78 is 10.2. The van der Waals surface area contributed by atoms with Crippen LogP contribution < -0.4 is 10.1 Å². The standard InChI is InChI=1S/C15H17NO4S/c1-19-13-5-4-11(20-13)15(18)16-14(9-7-10(17)8-9)12-3-2-6-21-12/h2-6,9-10,14,17H,7-8H2,1H3,(H,16,18)/t9?,10?,14-/m0/s1. The number of carbonyl (C=O) groups excluding carboxylic acids is 1. The van der Waals surface area contributed by atoms with Crippen LogP contribution in [0, 0.1) is 5.92 Å². The summed E-state index contributed by atoms with van der Waals surface area (Å²) in [4.78, 5) is 13.4. The first kappa shape index (κ1) is 14.2. The van der Waals surface area contributed by atoms with Gasteiger partial charge in [-0.15, -0.1) is 11.3 Å². The molecular weight excluding hydrogens is 290 g/mol. The number of hydrogen-bond donors (Lipinski definition) is 2. The Hall–Kier alpha value is -1.79. The van der Waals surface area contributed by atoms with E-state index >= 15 is 0 Å². The fraction of sp³-hybridized carbons (Fsp3) is 0.400. The molecule has 0 unspecified atom stereocenters. The predicted molar refractivity (Wildman–Crippen MR) is 78.5 cm³/mol. The number of aliphatic hydroxyl groups excluding tert-OH is 1. The van der Waals surface area contributed by atoms with Crippen LogP contribution in [0.25, 0.3) is 0 Å². The Balaban J connectivity index is 1.73. The zero-order valence-corrected chi connectivity index (χ0v) is 12.4. The van der Waals surface area contributed by atoms with Crippen molar-refractivity contribution in [2.45, 2.75) is 25.0 Å². The number of methoxy groups -OCH3 is 1. The molecule has 0 aliphatic heterocycles. The van der Waals surface area contributed by atoms with Crippen LogP contribution in [0.2, 0.25) is 0 Å². The van der Waals surface area contributed by atoms with Gasteiger partial charge in [0.2, 0.25) is 0 Å². The van der Waals surface area contributed by atoms with Crippen LogP contribution in [0.1, 0.15) is 34.3 Å². The second-order valence-corrected chi connectivity index (χ2v) is 6.15. The van der Waals surface area contributed by atoms with Crippen molar-refractivity contribution in [1.29, 1.82) is 0 Å². The number of hydrogen-bond acceptors (Lipinski definition) is 5. The van der Waals surface area contributed by atoms with E-state index in [4.69, 9.17) is 9.15 Å². The molecule has 1 atom stereocenters. The molecule has 1 saturated carbocycles. The quantitative estimate of drug-likeness (QED) is 0.890. The number of furan rings is 1. The minimum absolute atomic E-state index is 0.0861. The highest BCUT2D eigenvalue weighted by Gasteiger charge is 2.36. The first-order valence-corrected chi connectivity index (χ1v) is 7.71. The summed E-state index contributed by atoms with van der Waals surface area (Å²) >= 11 is 1.61. The predicted octanol–water partition coefficient (Wildman–Crippen LogP) is 2.59. The van der Waals surface area contributed by atoms with Gasteiger partial charge >= 0.3 is 0 Å². The molecule has 1 aliphatic rings. The van der Waals surface area contributed by atoms with Gasteiger partial charge in [-0.25, -0.2) is 0 Å². The zero-order chi connectivity index (χ0) is 14.8. The molecular formula is C15H17NO4S. The van der Waals surface area contributed by atoms with Crippen molar-refractivity contribution < 1.29 is 19.1 Å². The Bertz CT molecular complexity index is 601. The van der Waals surface area contributed by atoms with E-state index in [9.17, 15) is 9.90 Å². The minimum atomic E-state index is -0.266. The first-order valence-electron chi connectivity index (χ1n) is 6.83. The zero-order valence-electron chi connectivity index (χ0n) is 11.6. The van der Waals surface area contributed by atoms with Gasteiger partial charge in [-0.1, -0.05) is 6.07 Å². The number of thiophene rings is 1. The van der Waals surface area contributed by atoms with Crippen LogP contribution in [-0.4, -0.2) is 24.2 Å². The molecule has 2 heterocycles. The van der Waals surface area contributed by atoms with Crippen molar-refractivity contribution >= 4 is 17.2 Å². The van der Waals surface area contributed by atoms with E-state index in [0.29, 0.717) is 18.8 Å². The van der Waals surface area contributed by atoms with Crippen molar-refractivity contribution in [3.8, 4) is 5.95 Å². The largest absolute Gasteiger partial charge is 0.468 e. The molecule has 2 N–H and O–H groups in total. The van der Waals surface area contributed by atoms with Gasteiger partial charge in [0, 0.05) is 10.9 Å². The third-order valence-corrected chi connectivity index (χ3v) is 4.72. The van der Waals surface area contributed by atoms with Gasteiger partial charge in [0.05, 0.1) is 19.3 Å². The van der Waals surface area contributed by atoms with Gasteiger partial charge < -0.3 is 19.6 Å². The number of rotatable bonds is 5. The fourth-order valence-electron chi connectivity index (χ4n) is 2.56. The molecule has 2 aromatic rings. The van der Waals surface area contributed by atoms with Crippen molar-refractivity contribution in [2.24, 2.45) is 5.92 Å². The lowest BCUT2D eigenvalue weighted by Crippen LogP contribution is -2.41. The molecule has 3 rings (SSSR count). The highest BCUT2D eigenvalue weighted by atomic mass is 32.1. The maximum atomic E-state index is 12.3. The van der Waals surface area contributed by atoms with Gasteiger partial charge in [0.25, 0.3) is 11.9 Å². The molecule has 5 nitrogen and oxygen atoms in total. The van der Waals surface area contributed by atoms with E-state index in [-0.39, 0.29) is 29.7 Å². The number of ether oxygens (including phenoxy) is 1. The molecule has 112 valence electrons. The second-order valence-electron chi connectivity index (χ2n) is 5.17. The SMILES string of the molecule is COc1ccc(C(=O)N[C@H](c2cccs2)C2CC(O)C2)o1. The third kappa shape index (κ3) is 2.96. The average molecular weight is 307 g/mol. The summed E-state index contributed by atoms with van der Waals surface area (Å²) in [7, 11) is 1.49. The molecule has 0 aromatic carbocycles. The number of aliphatic hydroxyl groups is 1. The second kappa shape index (κ2) is 5.91. The van der Waals surface area contributed by atoms with E-state index in [1.165, 1.54) is 7.11 Å². The fourth-order valence-corrected chi connectivity index (χ4v) is 3.43. The highest BCUT2D eigenvalue weighted by Crippen LogP contribution is 2.39. The molecule has 0 saturated heterocycles. The molecule has 0 bridgehead atoms. The number of amides is 1. The lowest BCUT2D eigenvalue weighted by Gasteiger charge is -2.37. The Morgan fingerprint density at radius 3 is 2.86 bits per heavy atom. The van der Waals surface area contributed by atoms with Gasteiger partial charge in [-0.3, -0.25) is 4.79 Å². The van der Waals surface area contributed by atoms with Crippen molar-refractivity contribution in [3.05, 3.63) is 40.3 Å². The van der Waals surface area contributed by atoms with E-state index in [2.05, 4.69) is 5.32 Å². The Kier molecular flexibility index (Phi) is 3.98. The van der Waals surface area contributed by atoms with Gasteiger partial charge in [-0.05, 0) is 36.3 Å². The Morgan fingerprint density at radius 1 is 1.48 bits per heavy atom. The Labute approximate surface area is 126 Å². The van der Waals surface area contributed by atoms with Crippen LogP contribution in [0.4, 0.5) is 0 Å². The molecule has 2 aromatic heterocycles. The van der Waals surface area contributed by atoms with Crippen LogP contribution in [0.3, 0.4) is 0 Å². The molecule has 1 amide bonds. The summed E-state index contributed by atoms with van der Waals surface area (Å²) in [5.74, 6) is 0.540. The first-order chi connectivity index (χ1) is 10.2. The Morgan fingerprint density at radius 2 is 2.29 bits per heavy atom. The van der Waals surface area contributed by atoms with Crippen LogP contribution in [0.5, 0.6) is 5.95 Å². The molecule has 6 heteroatoms. The minimum Gasteiger partial charge on any atom is -0.468 e. The maximum absolute atomic E-state index is 12.3. The molecule has 1 aliphatic carbocycles. The highest BCUT2D eigenvalue weighted by molar-refractivity contribution is 7.10. The van der Waals surface area contributed by atoms with Crippen LogP contribution in [0.15, 0.2) is 34.1 Å². The molecule has 21 heavy (non-hydrogen) atoms. The summed E-state index contributed by atoms with van der Waals surface area (Å²) in [5.41, 5.74) is 0. The third-order valence-electron chi connectivity index (χ3n) is 3.76. The van der Waals surface area contributed by atoms with Crippen molar-refractivity contribution in [1.82, 2.24) is 5.32 Å². The van der Waals surface area contributed by atoms with Crippen LogP contribution >= 0.6 is 11.3 Å². The molecule has 1 fully saturated rings. The van der Waals surface area contributed by atoms with Crippen molar-refractivity contribution in [3.63, 3.8) is 0 Å². The monoisotopic (exact) mass is 307 g/mol. The normalized spacial score (nSPS) is 22.4. The summed E-state index contributed by atoms with van der Waals surface area (Å²) in [6.07, 6.45) is 1.17. The van der Waals surface area contributed by atoms with E-state index in [1.54, 1.807) is 23.5 Å². The van der Waals surface area contributed by atoms with E-state index in [1.807, 2.05) is 17.5 Å². The number of nitrogens with one attached hydrogen (secondary N) is 1. The lowest BCUT2D eigenvalue weighted by atomic mass is 9.76. The number of carbonyl (C=O) groups is 1. The average Bonchev–Trinajstić information content (AvgIpc) is 3.11. The van der Waals surface area contributed by atoms with Crippen molar-refractivity contribution in [2.75, 3.05) is 7.11 Å². The van der Waals surface area contributed by atoms with Gasteiger partial charge in [-0.2, -0.15) is 0 Å². The molecule has 0 radical (unpaired) electrons. The topological polar surface area (TPSA) is 71.7 Å². The smallest absolute Gasteiger partial charge is 0.287 e. The molecule has 0 spiro atoms. The van der Waals surface area contributed by atoms with Gasteiger partial charge in [0.1, 0.15) is 0 Å². The summed E-state index contributed by atoms with van der Waals surface area (Å²) in [6.45, 7) is 0. The van der Waals surface area contributed by atoms with E-state index in [0.717, 1.165) is 4.88 Å². The lowest BCUT2D eigenvalue weighted by molar-refractivity contribution is 0.0238.